The summed E-state index contributed by atoms with van der Waals surface area (Å²) in [4.78, 5) is 21.1. The molecule has 2 rings (SSSR count). The number of rotatable bonds is 3. The van der Waals surface area contributed by atoms with Crippen LogP contribution in [0.4, 0.5) is 5.82 Å². The molecule has 1 amide bonds. The van der Waals surface area contributed by atoms with E-state index in [9.17, 15) is 4.79 Å². The van der Waals surface area contributed by atoms with Gasteiger partial charge in [-0.2, -0.15) is 0 Å². The number of carbonyl (C=O) groups excluding carboxylic acids is 1. The number of hydrogen-bond acceptors (Lipinski definition) is 4. The van der Waals surface area contributed by atoms with Crippen molar-refractivity contribution in [3.63, 3.8) is 0 Å². The van der Waals surface area contributed by atoms with Gasteiger partial charge in [0.1, 0.15) is 5.82 Å². The summed E-state index contributed by atoms with van der Waals surface area (Å²) in [6, 6.07) is 1.74. The third-order valence-electron chi connectivity index (χ3n) is 4.05. The summed E-state index contributed by atoms with van der Waals surface area (Å²) >= 11 is 6.16. The largest absolute Gasteiger partial charge is 0.370 e. The molecule has 1 fully saturated rings. The summed E-state index contributed by atoms with van der Waals surface area (Å²) in [6.07, 6.45) is 1.54. The van der Waals surface area contributed by atoms with Crippen LogP contribution in [0, 0.1) is 0 Å². The molecular weight excluding hydrogens is 288 g/mol. The van der Waals surface area contributed by atoms with E-state index in [4.69, 9.17) is 11.6 Å². The van der Waals surface area contributed by atoms with E-state index in [2.05, 4.69) is 36.1 Å². The van der Waals surface area contributed by atoms with E-state index in [1.807, 2.05) is 11.8 Å². The minimum atomic E-state index is -0.0298. The first-order chi connectivity index (χ1) is 9.85. The second-order valence-electron chi connectivity index (χ2n) is 6.04. The Hall–Kier alpha value is -1.33. The number of likely N-dealkylation sites (N-methyl/N-ethyl adjacent to an activating group) is 1. The van der Waals surface area contributed by atoms with Crippen molar-refractivity contribution < 1.29 is 4.79 Å². The van der Waals surface area contributed by atoms with Crippen molar-refractivity contribution >= 4 is 23.3 Å². The Morgan fingerprint density at radius 2 is 2.19 bits per heavy atom. The lowest BCUT2D eigenvalue weighted by molar-refractivity contribution is 0.0311. The van der Waals surface area contributed by atoms with Crippen LogP contribution in [0.1, 0.15) is 31.1 Å². The maximum Gasteiger partial charge on any atom is 0.255 e. The Morgan fingerprint density at radius 1 is 1.48 bits per heavy atom. The number of amides is 1. The standard InChI is InChI=1S/C15H23ClN4O/c1-5-17-13-8-11(12(16)9-18-13)14(21)20-7-6-19(4)15(2,3)10-20/h8-9H,5-7,10H2,1-4H3,(H,17,18). The Labute approximate surface area is 131 Å². The quantitative estimate of drug-likeness (QED) is 0.931. The van der Waals surface area contributed by atoms with Crippen LogP contribution >= 0.6 is 11.6 Å². The Balaban J connectivity index is 2.22. The number of halogens is 1. The zero-order valence-electron chi connectivity index (χ0n) is 13.1. The topological polar surface area (TPSA) is 48.5 Å². The van der Waals surface area contributed by atoms with Crippen LogP contribution in [0.15, 0.2) is 12.3 Å². The molecule has 6 heteroatoms. The Morgan fingerprint density at radius 3 is 2.81 bits per heavy atom. The minimum Gasteiger partial charge on any atom is -0.370 e. The molecule has 0 bridgehead atoms. The minimum absolute atomic E-state index is 0.0253. The molecule has 0 aliphatic carbocycles. The summed E-state index contributed by atoms with van der Waals surface area (Å²) < 4.78 is 0. The maximum atomic E-state index is 12.7. The molecule has 1 saturated heterocycles. The van der Waals surface area contributed by atoms with Crippen molar-refractivity contribution in [2.75, 3.05) is 38.5 Å². The fourth-order valence-electron chi connectivity index (χ4n) is 2.46. The average molecular weight is 311 g/mol. The van der Waals surface area contributed by atoms with Crippen molar-refractivity contribution in [1.82, 2.24) is 14.8 Å². The number of aromatic nitrogens is 1. The molecule has 21 heavy (non-hydrogen) atoms. The van der Waals surface area contributed by atoms with Crippen molar-refractivity contribution in [2.24, 2.45) is 0 Å². The van der Waals surface area contributed by atoms with Crippen LogP contribution in [0.2, 0.25) is 5.02 Å². The molecule has 2 heterocycles. The Kier molecular flexibility index (Phi) is 4.74. The summed E-state index contributed by atoms with van der Waals surface area (Å²) in [7, 11) is 2.09. The smallest absolute Gasteiger partial charge is 0.255 e. The van der Waals surface area contributed by atoms with Gasteiger partial charge in [0.2, 0.25) is 0 Å². The van der Waals surface area contributed by atoms with Gasteiger partial charge >= 0.3 is 0 Å². The van der Waals surface area contributed by atoms with Crippen LogP contribution in [-0.4, -0.2) is 59.5 Å². The normalized spacial score (nSPS) is 18.6. The second kappa shape index (κ2) is 6.20. The molecule has 1 aromatic rings. The van der Waals surface area contributed by atoms with E-state index in [0.717, 1.165) is 13.1 Å². The van der Waals surface area contributed by atoms with Gasteiger partial charge in [-0.25, -0.2) is 4.98 Å². The van der Waals surface area contributed by atoms with Gasteiger partial charge in [-0.3, -0.25) is 9.69 Å². The third-order valence-corrected chi connectivity index (χ3v) is 4.35. The van der Waals surface area contributed by atoms with Crippen LogP contribution in [0.5, 0.6) is 0 Å². The highest BCUT2D eigenvalue weighted by Crippen LogP contribution is 2.24. The first-order valence-corrected chi connectivity index (χ1v) is 7.63. The van der Waals surface area contributed by atoms with Crippen molar-refractivity contribution in [2.45, 2.75) is 26.3 Å². The molecule has 116 valence electrons. The lowest BCUT2D eigenvalue weighted by Gasteiger charge is -2.45. The predicted molar refractivity (Wildman–Crippen MR) is 86.0 cm³/mol. The molecule has 0 spiro atoms. The van der Waals surface area contributed by atoms with E-state index >= 15 is 0 Å². The number of hydrogen-bond donors (Lipinski definition) is 1. The van der Waals surface area contributed by atoms with Gasteiger partial charge in [0.05, 0.1) is 10.6 Å². The molecule has 1 N–H and O–H groups in total. The predicted octanol–water partition coefficient (Wildman–Crippen LogP) is 2.33. The van der Waals surface area contributed by atoms with Crippen LogP contribution in [0.25, 0.3) is 0 Å². The molecular formula is C15H23ClN4O. The lowest BCUT2D eigenvalue weighted by Crippen LogP contribution is -2.58. The number of nitrogens with zero attached hydrogens (tertiary/aromatic N) is 3. The second-order valence-corrected chi connectivity index (χ2v) is 6.45. The zero-order chi connectivity index (χ0) is 15.6. The summed E-state index contributed by atoms with van der Waals surface area (Å²) in [5.41, 5.74) is 0.487. The van der Waals surface area contributed by atoms with Crippen LogP contribution in [0.3, 0.4) is 0 Å². The van der Waals surface area contributed by atoms with Crippen LogP contribution < -0.4 is 5.32 Å². The summed E-state index contributed by atoms with van der Waals surface area (Å²) in [5, 5.41) is 3.51. The molecule has 1 aromatic heterocycles. The molecule has 0 saturated carbocycles. The van der Waals surface area contributed by atoms with Crippen LogP contribution in [-0.2, 0) is 0 Å². The number of carbonyl (C=O) groups is 1. The number of anilines is 1. The van der Waals surface area contributed by atoms with Gasteiger partial charge in [-0.05, 0) is 33.9 Å². The maximum absolute atomic E-state index is 12.7. The molecule has 1 aliphatic rings. The fourth-order valence-corrected chi connectivity index (χ4v) is 2.65. The molecule has 1 aliphatic heterocycles. The highest BCUT2D eigenvalue weighted by atomic mass is 35.5. The number of nitrogens with one attached hydrogen (secondary N) is 1. The third kappa shape index (κ3) is 3.47. The zero-order valence-corrected chi connectivity index (χ0v) is 13.9. The lowest BCUT2D eigenvalue weighted by atomic mass is 9.99. The highest BCUT2D eigenvalue weighted by molar-refractivity contribution is 6.33. The van der Waals surface area contributed by atoms with E-state index in [1.54, 1.807) is 6.07 Å². The van der Waals surface area contributed by atoms with Gasteiger partial charge in [-0.15, -0.1) is 0 Å². The first kappa shape index (κ1) is 16.0. The van der Waals surface area contributed by atoms with E-state index in [-0.39, 0.29) is 11.4 Å². The number of pyridine rings is 1. The monoisotopic (exact) mass is 310 g/mol. The van der Waals surface area contributed by atoms with E-state index in [1.165, 1.54) is 6.20 Å². The fraction of sp³-hybridized carbons (Fsp3) is 0.600. The Bertz CT molecular complexity index is 532. The molecule has 0 atom stereocenters. The highest BCUT2D eigenvalue weighted by Gasteiger charge is 2.34. The number of piperazine rings is 1. The molecule has 5 nitrogen and oxygen atoms in total. The van der Waals surface area contributed by atoms with Gasteiger partial charge in [0.25, 0.3) is 5.91 Å². The van der Waals surface area contributed by atoms with E-state index in [0.29, 0.717) is 29.5 Å². The summed E-state index contributed by atoms with van der Waals surface area (Å²) in [6.45, 7) is 9.30. The van der Waals surface area contributed by atoms with E-state index < -0.39 is 0 Å². The van der Waals surface area contributed by atoms with Crippen molar-refractivity contribution in [1.29, 1.82) is 0 Å². The van der Waals surface area contributed by atoms with Gasteiger partial charge in [0.15, 0.2) is 0 Å². The first-order valence-electron chi connectivity index (χ1n) is 7.25. The van der Waals surface area contributed by atoms with Gasteiger partial charge in [0, 0.05) is 37.9 Å². The molecule has 0 radical (unpaired) electrons. The SMILES string of the molecule is CCNc1cc(C(=O)N2CCN(C)C(C)(C)C2)c(Cl)cn1. The van der Waals surface area contributed by atoms with Gasteiger partial charge in [-0.1, -0.05) is 11.6 Å². The van der Waals surface area contributed by atoms with Crippen molar-refractivity contribution in [3.8, 4) is 0 Å². The average Bonchev–Trinajstić information content (AvgIpc) is 2.43. The molecule has 0 aromatic carbocycles. The molecule has 0 unspecified atom stereocenters. The van der Waals surface area contributed by atoms with Gasteiger partial charge < -0.3 is 10.2 Å². The summed E-state index contributed by atoms with van der Waals surface area (Å²) in [5.74, 6) is 0.654. The van der Waals surface area contributed by atoms with Crippen molar-refractivity contribution in [3.05, 3.63) is 22.8 Å².